The van der Waals surface area contributed by atoms with Crippen LogP contribution in [0.5, 0.6) is 0 Å². The van der Waals surface area contributed by atoms with Crippen LogP contribution in [0.1, 0.15) is 27.2 Å². The number of nitrogens with zero attached hydrogens (tertiary/aromatic N) is 3. The van der Waals surface area contributed by atoms with Crippen molar-refractivity contribution in [2.75, 3.05) is 0 Å². The van der Waals surface area contributed by atoms with Crippen LogP contribution in [0.3, 0.4) is 0 Å². The van der Waals surface area contributed by atoms with Crippen LogP contribution in [0.25, 0.3) is 0 Å². The second-order valence-electron chi connectivity index (χ2n) is 5.80. The molecular weight excluding hydrogens is 328 g/mol. The van der Waals surface area contributed by atoms with E-state index in [2.05, 4.69) is 15.5 Å². The topological polar surface area (TPSA) is 76.3 Å². The first-order valence-electron chi connectivity index (χ1n) is 8.13. The summed E-state index contributed by atoms with van der Waals surface area (Å²) in [6, 6.07) is 16.4. The molecule has 3 aromatic rings. The summed E-state index contributed by atoms with van der Waals surface area (Å²) in [5, 5.41) is 3.85. The fraction of sp³-hybridized carbons (Fsp3) is 0.100. The molecule has 0 aliphatic heterocycles. The second kappa shape index (κ2) is 8.02. The smallest absolute Gasteiger partial charge is 0.276 e. The van der Waals surface area contributed by atoms with E-state index in [0.717, 1.165) is 11.1 Å². The van der Waals surface area contributed by atoms with E-state index in [9.17, 15) is 9.59 Å². The lowest BCUT2D eigenvalue weighted by Gasteiger charge is -2.08. The highest BCUT2D eigenvalue weighted by atomic mass is 16.2. The van der Waals surface area contributed by atoms with Crippen molar-refractivity contribution in [3.63, 3.8) is 0 Å². The number of amides is 1. The van der Waals surface area contributed by atoms with Crippen molar-refractivity contribution in [1.82, 2.24) is 15.0 Å². The van der Waals surface area contributed by atoms with Gasteiger partial charge in [-0.1, -0.05) is 35.9 Å². The zero-order valence-electron chi connectivity index (χ0n) is 14.3. The maximum Gasteiger partial charge on any atom is 0.276 e. The maximum atomic E-state index is 12.6. The lowest BCUT2D eigenvalue weighted by Crippen LogP contribution is -2.30. The summed E-state index contributed by atoms with van der Waals surface area (Å²) in [6.07, 6.45) is 4.72. The maximum absolute atomic E-state index is 12.6. The third kappa shape index (κ3) is 4.30. The van der Waals surface area contributed by atoms with E-state index in [-0.39, 0.29) is 11.1 Å². The molecule has 0 atom stereocenters. The van der Waals surface area contributed by atoms with E-state index in [0.29, 0.717) is 12.2 Å². The fourth-order valence-electron chi connectivity index (χ4n) is 2.51. The zero-order chi connectivity index (χ0) is 18.4. The summed E-state index contributed by atoms with van der Waals surface area (Å²) >= 11 is 0. The third-order valence-corrected chi connectivity index (χ3v) is 3.75. The zero-order valence-corrected chi connectivity index (χ0v) is 14.3. The molecule has 1 N–H and O–H groups in total. The summed E-state index contributed by atoms with van der Waals surface area (Å²) in [5.74, 6) is -0.555. The summed E-state index contributed by atoms with van der Waals surface area (Å²) in [7, 11) is 0. The standard InChI is InChI=1S/C20H18N4O2/c1-15-6-4-7-16(12-15)14-24-11-5-9-18(20(24)26)19(25)23-22-13-17-8-2-3-10-21-17/h2-13H,14H2,1H3,(H,23,25)/b22-13-. The molecule has 26 heavy (non-hydrogen) atoms. The first-order valence-corrected chi connectivity index (χ1v) is 8.13. The molecular formula is C20H18N4O2. The van der Waals surface area contributed by atoms with E-state index in [1.807, 2.05) is 37.3 Å². The van der Waals surface area contributed by atoms with Gasteiger partial charge in [0.2, 0.25) is 0 Å². The Morgan fingerprint density at radius 3 is 2.85 bits per heavy atom. The molecule has 0 fully saturated rings. The number of rotatable bonds is 5. The van der Waals surface area contributed by atoms with Crippen molar-refractivity contribution in [3.8, 4) is 0 Å². The summed E-state index contributed by atoms with van der Waals surface area (Å²) < 4.78 is 1.51. The van der Waals surface area contributed by atoms with Crippen molar-refractivity contribution < 1.29 is 4.79 Å². The predicted molar refractivity (Wildman–Crippen MR) is 100 cm³/mol. The van der Waals surface area contributed by atoms with Crippen LogP contribution in [-0.2, 0) is 6.54 Å². The Bertz CT molecular complexity index is 994. The molecule has 0 aliphatic rings. The van der Waals surface area contributed by atoms with E-state index in [4.69, 9.17) is 0 Å². The van der Waals surface area contributed by atoms with Gasteiger partial charge >= 0.3 is 0 Å². The van der Waals surface area contributed by atoms with Crippen LogP contribution >= 0.6 is 0 Å². The lowest BCUT2D eigenvalue weighted by molar-refractivity contribution is 0.0953. The van der Waals surface area contributed by atoms with Gasteiger partial charge in [-0.05, 0) is 36.8 Å². The van der Waals surface area contributed by atoms with Crippen LogP contribution in [0.2, 0.25) is 0 Å². The largest absolute Gasteiger partial charge is 0.310 e. The number of benzene rings is 1. The van der Waals surface area contributed by atoms with Crippen LogP contribution in [-0.4, -0.2) is 21.7 Å². The van der Waals surface area contributed by atoms with Gasteiger partial charge in [-0.25, -0.2) is 5.43 Å². The van der Waals surface area contributed by atoms with Gasteiger partial charge in [0, 0.05) is 12.4 Å². The van der Waals surface area contributed by atoms with Crippen LogP contribution in [0, 0.1) is 6.92 Å². The summed E-state index contributed by atoms with van der Waals surface area (Å²) in [5.41, 5.74) is 4.77. The Morgan fingerprint density at radius 2 is 2.08 bits per heavy atom. The molecule has 6 nitrogen and oxygen atoms in total. The minimum absolute atomic E-state index is 0.0401. The Hall–Kier alpha value is -3.54. The average Bonchev–Trinajstić information content (AvgIpc) is 2.64. The van der Waals surface area contributed by atoms with Crippen LogP contribution in [0.4, 0.5) is 0 Å². The Morgan fingerprint density at radius 1 is 1.19 bits per heavy atom. The predicted octanol–water partition coefficient (Wildman–Crippen LogP) is 2.36. The number of pyridine rings is 2. The van der Waals surface area contributed by atoms with E-state index >= 15 is 0 Å². The van der Waals surface area contributed by atoms with E-state index in [1.54, 1.807) is 30.6 Å². The normalized spacial score (nSPS) is 10.8. The minimum Gasteiger partial charge on any atom is -0.310 e. The summed E-state index contributed by atoms with van der Waals surface area (Å²) in [4.78, 5) is 28.9. The van der Waals surface area contributed by atoms with Gasteiger partial charge in [-0.15, -0.1) is 0 Å². The molecule has 0 saturated heterocycles. The van der Waals surface area contributed by atoms with Crippen LogP contribution < -0.4 is 11.0 Å². The molecule has 130 valence electrons. The quantitative estimate of drug-likeness (QED) is 0.569. The van der Waals surface area contributed by atoms with Gasteiger partial charge in [0.05, 0.1) is 18.5 Å². The fourth-order valence-corrected chi connectivity index (χ4v) is 2.51. The number of hydrogen-bond donors (Lipinski definition) is 1. The highest BCUT2D eigenvalue weighted by Gasteiger charge is 2.11. The molecule has 6 heteroatoms. The van der Waals surface area contributed by atoms with Gasteiger partial charge in [0.1, 0.15) is 5.56 Å². The van der Waals surface area contributed by atoms with E-state index in [1.165, 1.54) is 16.8 Å². The average molecular weight is 346 g/mol. The van der Waals surface area contributed by atoms with E-state index < -0.39 is 5.91 Å². The lowest BCUT2D eigenvalue weighted by atomic mass is 10.1. The number of carbonyl (C=O) groups excluding carboxylic acids is 1. The number of aromatic nitrogens is 2. The molecule has 0 saturated carbocycles. The van der Waals surface area contributed by atoms with Gasteiger partial charge in [0.15, 0.2) is 0 Å². The molecule has 0 spiro atoms. The molecule has 0 aliphatic carbocycles. The molecule has 0 bridgehead atoms. The number of hydrazone groups is 1. The first-order chi connectivity index (χ1) is 12.6. The van der Waals surface area contributed by atoms with Gasteiger partial charge in [0.25, 0.3) is 11.5 Å². The Labute approximate surface area is 150 Å². The third-order valence-electron chi connectivity index (χ3n) is 3.75. The van der Waals surface area contributed by atoms with Gasteiger partial charge < -0.3 is 4.57 Å². The Balaban J connectivity index is 1.75. The van der Waals surface area contributed by atoms with Crippen molar-refractivity contribution in [1.29, 1.82) is 0 Å². The molecule has 0 unspecified atom stereocenters. The monoisotopic (exact) mass is 346 g/mol. The molecule has 2 heterocycles. The Kier molecular flexibility index (Phi) is 5.34. The molecule has 1 amide bonds. The molecule has 3 rings (SSSR count). The second-order valence-corrected chi connectivity index (χ2v) is 5.80. The number of hydrogen-bond acceptors (Lipinski definition) is 4. The molecule has 1 aromatic carbocycles. The van der Waals surface area contributed by atoms with Crippen molar-refractivity contribution >= 4 is 12.1 Å². The highest BCUT2D eigenvalue weighted by Crippen LogP contribution is 2.05. The van der Waals surface area contributed by atoms with Crippen molar-refractivity contribution in [3.05, 3.63) is 99.7 Å². The van der Waals surface area contributed by atoms with Crippen molar-refractivity contribution in [2.24, 2.45) is 5.10 Å². The molecule has 2 aromatic heterocycles. The van der Waals surface area contributed by atoms with Crippen molar-refractivity contribution in [2.45, 2.75) is 13.5 Å². The molecule has 0 radical (unpaired) electrons. The number of nitrogens with one attached hydrogen (secondary N) is 1. The van der Waals surface area contributed by atoms with Gasteiger partial charge in [-0.2, -0.15) is 5.10 Å². The van der Waals surface area contributed by atoms with Crippen LogP contribution in [0.15, 0.2) is 76.9 Å². The van der Waals surface area contributed by atoms with Gasteiger partial charge in [-0.3, -0.25) is 14.6 Å². The number of carbonyl (C=O) groups is 1. The SMILES string of the molecule is Cc1cccc(Cn2cccc(C(=O)N/N=C\c3ccccn3)c2=O)c1. The minimum atomic E-state index is -0.555. The highest BCUT2D eigenvalue weighted by molar-refractivity contribution is 5.94. The first kappa shape index (κ1) is 17.3. The number of aryl methyl sites for hydroxylation is 1. The summed E-state index contributed by atoms with van der Waals surface area (Å²) in [6.45, 7) is 2.40.